The van der Waals surface area contributed by atoms with E-state index in [1.807, 2.05) is 24.3 Å². The molecule has 0 spiro atoms. The van der Waals surface area contributed by atoms with Crippen molar-refractivity contribution in [2.45, 2.75) is 32.1 Å². The zero-order valence-electron chi connectivity index (χ0n) is 12.5. The van der Waals surface area contributed by atoms with Gasteiger partial charge in [0.2, 0.25) is 5.91 Å². The molecular formula is C18H23NO2. The summed E-state index contributed by atoms with van der Waals surface area (Å²) in [5.41, 5.74) is 0.855. The lowest BCUT2D eigenvalue weighted by molar-refractivity contribution is -0.132. The predicted octanol–water partition coefficient (Wildman–Crippen LogP) is 3.71. The molecule has 112 valence electrons. The molecule has 1 amide bonds. The van der Waals surface area contributed by atoms with E-state index in [-0.39, 0.29) is 11.8 Å². The minimum Gasteiger partial charge on any atom is -0.497 e. The molecule has 0 unspecified atom stereocenters. The summed E-state index contributed by atoms with van der Waals surface area (Å²) in [6.45, 7) is 0. The van der Waals surface area contributed by atoms with Crippen LogP contribution in [0.3, 0.4) is 0 Å². The molecule has 3 heteroatoms. The molecule has 0 atom stereocenters. The first-order chi connectivity index (χ1) is 10.2. The van der Waals surface area contributed by atoms with Gasteiger partial charge in [-0.15, -0.1) is 0 Å². The van der Waals surface area contributed by atoms with E-state index in [0.717, 1.165) is 23.3 Å². The highest BCUT2D eigenvalue weighted by Gasteiger charge is 2.50. The van der Waals surface area contributed by atoms with E-state index in [2.05, 4.69) is 5.32 Å². The maximum absolute atomic E-state index is 12.8. The molecule has 1 aromatic carbocycles. The monoisotopic (exact) mass is 285 g/mol. The Balaban J connectivity index is 1.50. The Morgan fingerprint density at radius 3 is 2.38 bits per heavy atom. The van der Waals surface area contributed by atoms with Crippen molar-refractivity contribution in [2.75, 3.05) is 12.4 Å². The average Bonchev–Trinajstić information content (AvgIpc) is 2.46. The van der Waals surface area contributed by atoms with Crippen LogP contribution in [0.25, 0.3) is 0 Å². The molecule has 4 bridgehead atoms. The highest BCUT2D eigenvalue weighted by Crippen LogP contribution is 2.56. The van der Waals surface area contributed by atoms with E-state index in [1.54, 1.807) is 7.11 Å². The number of methoxy groups -OCH3 is 1. The molecule has 0 aromatic heterocycles. The lowest BCUT2D eigenvalue weighted by Gasteiger charge is -2.53. The van der Waals surface area contributed by atoms with E-state index in [0.29, 0.717) is 11.8 Å². The number of hydrogen-bond donors (Lipinski definition) is 1. The Morgan fingerprint density at radius 1 is 1.10 bits per heavy atom. The van der Waals surface area contributed by atoms with Gasteiger partial charge in [0.15, 0.2) is 0 Å². The van der Waals surface area contributed by atoms with Crippen LogP contribution in [-0.2, 0) is 4.79 Å². The molecule has 4 aliphatic rings. The second-order valence-electron chi connectivity index (χ2n) is 7.18. The summed E-state index contributed by atoms with van der Waals surface area (Å²) in [6.07, 6.45) is 6.55. The van der Waals surface area contributed by atoms with Crippen LogP contribution in [0.2, 0.25) is 0 Å². The van der Waals surface area contributed by atoms with Gasteiger partial charge in [-0.1, -0.05) is 6.07 Å². The lowest BCUT2D eigenvalue weighted by Crippen LogP contribution is -2.49. The summed E-state index contributed by atoms with van der Waals surface area (Å²) in [5.74, 6) is 4.35. The third-order valence-electron chi connectivity index (χ3n) is 5.87. The molecule has 0 heterocycles. The van der Waals surface area contributed by atoms with Crippen LogP contribution in [0.1, 0.15) is 32.1 Å². The van der Waals surface area contributed by atoms with Crippen molar-refractivity contribution >= 4 is 11.6 Å². The van der Waals surface area contributed by atoms with Gasteiger partial charge in [0, 0.05) is 17.7 Å². The molecule has 0 radical (unpaired) electrons. The molecule has 4 aliphatic carbocycles. The van der Waals surface area contributed by atoms with Crippen molar-refractivity contribution in [1.29, 1.82) is 0 Å². The molecule has 4 saturated carbocycles. The van der Waals surface area contributed by atoms with E-state index in [1.165, 1.54) is 32.1 Å². The predicted molar refractivity (Wildman–Crippen MR) is 82.2 cm³/mol. The highest BCUT2D eigenvalue weighted by atomic mass is 16.5. The normalized spacial score (nSPS) is 36.5. The summed E-state index contributed by atoms with van der Waals surface area (Å²) in [5, 5.41) is 3.13. The minimum atomic E-state index is 0.233. The van der Waals surface area contributed by atoms with Gasteiger partial charge in [0.05, 0.1) is 7.11 Å². The Kier molecular flexibility index (Phi) is 3.16. The maximum Gasteiger partial charge on any atom is 0.228 e. The minimum absolute atomic E-state index is 0.233. The van der Waals surface area contributed by atoms with Gasteiger partial charge < -0.3 is 10.1 Å². The molecular weight excluding hydrogens is 262 g/mol. The first kappa shape index (κ1) is 13.2. The average molecular weight is 285 g/mol. The van der Waals surface area contributed by atoms with E-state index in [9.17, 15) is 4.79 Å². The Hall–Kier alpha value is -1.51. The number of nitrogens with one attached hydrogen (secondary N) is 1. The van der Waals surface area contributed by atoms with Crippen molar-refractivity contribution in [2.24, 2.45) is 29.6 Å². The molecule has 0 saturated heterocycles. The number of hydrogen-bond acceptors (Lipinski definition) is 2. The summed E-state index contributed by atoms with van der Waals surface area (Å²) in [4.78, 5) is 12.8. The fourth-order valence-electron chi connectivity index (χ4n) is 5.28. The van der Waals surface area contributed by atoms with E-state index < -0.39 is 0 Å². The largest absolute Gasteiger partial charge is 0.497 e. The first-order valence-corrected chi connectivity index (χ1v) is 8.18. The smallest absolute Gasteiger partial charge is 0.228 e. The Labute approximate surface area is 126 Å². The quantitative estimate of drug-likeness (QED) is 0.919. The number of carbonyl (C=O) groups excluding carboxylic acids is 1. The van der Waals surface area contributed by atoms with Crippen molar-refractivity contribution in [3.8, 4) is 5.75 Å². The summed E-state index contributed by atoms with van der Waals surface area (Å²) in [7, 11) is 1.65. The molecule has 21 heavy (non-hydrogen) atoms. The Morgan fingerprint density at radius 2 is 1.76 bits per heavy atom. The van der Waals surface area contributed by atoms with Crippen LogP contribution in [0.15, 0.2) is 24.3 Å². The second-order valence-corrected chi connectivity index (χ2v) is 7.18. The number of ether oxygens (including phenoxy) is 1. The van der Waals surface area contributed by atoms with Gasteiger partial charge in [-0.3, -0.25) is 4.79 Å². The number of amides is 1. The number of carbonyl (C=O) groups is 1. The summed E-state index contributed by atoms with van der Waals surface area (Å²) < 4.78 is 5.23. The molecule has 3 nitrogen and oxygen atoms in total. The fraction of sp³-hybridized carbons (Fsp3) is 0.611. The van der Waals surface area contributed by atoms with Gasteiger partial charge in [-0.25, -0.2) is 0 Å². The lowest BCUT2D eigenvalue weighted by atomic mass is 9.51. The number of benzene rings is 1. The summed E-state index contributed by atoms with van der Waals surface area (Å²) in [6, 6.07) is 7.66. The fourth-order valence-corrected chi connectivity index (χ4v) is 5.28. The van der Waals surface area contributed by atoms with Crippen LogP contribution >= 0.6 is 0 Å². The first-order valence-electron chi connectivity index (χ1n) is 8.18. The van der Waals surface area contributed by atoms with Crippen molar-refractivity contribution < 1.29 is 9.53 Å². The molecule has 5 rings (SSSR count). The Bertz CT molecular complexity index is 526. The van der Waals surface area contributed by atoms with Crippen LogP contribution in [0.4, 0.5) is 5.69 Å². The molecule has 0 aliphatic heterocycles. The van der Waals surface area contributed by atoms with Crippen LogP contribution in [0.5, 0.6) is 5.75 Å². The van der Waals surface area contributed by atoms with Gasteiger partial charge in [-0.05, 0) is 67.9 Å². The zero-order chi connectivity index (χ0) is 14.4. The van der Waals surface area contributed by atoms with Crippen LogP contribution in [-0.4, -0.2) is 13.0 Å². The van der Waals surface area contributed by atoms with Gasteiger partial charge in [0.1, 0.15) is 5.75 Å². The maximum atomic E-state index is 12.8. The third kappa shape index (κ3) is 2.33. The van der Waals surface area contributed by atoms with Crippen molar-refractivity contribution in [3.63, 3.8) is 0 Å². The number of rotatable bonds is 3. The molecule has 4 fully saturated rings. The molecule has 1 aromatic rings. The number of anilines is 1. The SMILES string of the molecule is COc1cccc(NC(=O)C2C3CC4CC(C3)CC2C4)c1. The van der Waals surface area contributed by atoms with Crippen molar-refractivity contribution in [3.05, 3.63) is 24.3 Å². The second kappa shape index (κ2) is 5.04. The third-order valence-corrected chi connectivity index (χ3v) is 5.87. The standard InChI is InChI=1S/C18H23NO2/c1-21-16-4-2-3-15(10-16)19-18(20)17-13-6-11-5-12(8-13)9-14(17)7-11/h2-4,10-14,17H,5-9H2,1H3,(H,19,20). The zero-order valence-corrected chi connectivity index (χ0v) is 12.5. The highest BCUT2D eigenvalue weighted by molar-refractivity contribution is 5.93. The topological polar surface area (TPSA) is 38.3 Å². The van der Waals surface area contributed by atoms with Gasteiger partial charge in [0.25, 0.3) is 0 Å². The molecule has 1 N–H and O–H groups in total. The van der Waals surface area contributed by atoms with E-state index in [4.69, 9.17) is 4.74 Å². The van der Waals surface area contributed by atoms with Crippen molar-refractivity contribution in [1.82, 2.24) is 0 Å². The van der Waals surface area contributed by atoms with Gasteiger partial charge in [-0.2, -0.15) is 0 Å². The van der Waals surface area contributed by atoms with Crippen LogP contribution < -0.4 is 10.1 Å². The van der Waals surface area contributed by atoms with Crippen LogP contribution in [0, 0.1) is 29.6 Å². The van der Waals surface area contributed by atoms with Gasteiger partial charge >= 0.3 is 0 Å². The van der Waals surface area contributed by atoms with E-state index >= 15 is 0 Å². The summed E-state index contributed by atoms with van der Waals surface area (Å²) >= 11 is 0.